The predicted molar refractivity (Wildman–Crippen MR) is 72.2 cm³/mol. The average molecular weight is 351 g/mol. The Morgan fingerprint density at radius 3 is 2.60 bits per heavy atom. The summed E-state index contributed by atoms with van der Waals surface area (Å²) in [5.41, 5.74) is 4.95. The van der Waals surface area contributed by atoms with Gasteiger partial charge in [0.15, 0.2) is 0 Å². The third-order valence-corrected chi connectivity index (χ3v) is 4.11. The van der Waals surface area contributed by atoms with Crippen molar-refractivity contribution >= 4 is 21.8 Å². The highest BCUT2D eigenvalue weighted by Gasteiger charge is 2.34. The summed E-state index contributed by atoms with van der Waals surface area (Å²) in [5.74, 6) is -0.523. The van der Waals surface area contributed by atoms with Crippen LogP contribution in [0.2, 0.25) is 0 Å². The topological polar surface area (TPSA) is 55.1 Å². The van der Waals surface area contributed by atoms with Gasteiger partial charge in [-0.2, -0.15) is 13.2 Å². The lowest BCUT2D eigenvalue weighted by Crippen LogP contribution is -2.44. The molecule has 0 heterocycles. The lowest BCUT2D eigenvalue weighted by atomic mass is 10.1. The molecule has 0 radical (unpaired) electrons. The van der Waals surface area contributed by atoms with Crippen LogP contribution in [0.4, 0.5) is 13.2 Å². The zero-order valence-electron chi connectivity index (χ0n) is 10.5. The molecule has 0 bridgehead atoms. The molecule has 1 amide bonds. The van der Waals surface area contributed by atoms with Crippen LogP contribution in [0.1, 0.15) is 35.2 Å². The first-order valence-electron chi connectivity index (χ1n) is 6.22. The first kappa shape index (κ1) is 15.3. The van der Waals surface area contributed by atoms with Crippen LogP contribution in [0.3, 0.4) is 0 Å². The molecule has 1 aromatic rings. The van der Waals surface area contributed by atoms with E-state index in [-0.39, 0.29) is 22.1 Å². The number of benzene rings is 1. The maximum atomic E-state index is 12.8. The van der Waals surface area contributed by atoms with E-state index in [1.807, 2.05) is 0 Å². The fourth-order valence-corrected chi connectivity index (χ4v) is 2.77. The molecule has 110 valence electrons. The average Bonchev–Trinajstić information content (AvgIpc) is 2.74. The minimum absolute atomic E-state index is 0.0142. The lowest BCUT2D eigenvalue weighted by Gasteiger charge is -2.18. The van der Waals surface area contributed by atoms with Crippen LogP contribution < -0.4 is 11.1 Å². The Bertz CT molecular complexity index is 519. The molecule has 1 aromatic carbocycles. The second kappa shape index (κ2) is 5.73. The summed E-state index contributed by atoms with van der Waals surface area (Å²) in [6.07, 6.45) is -2.01. The van der Waals surface area contributed by atoms with E-state index >= 15 is 0 Å². The van der Waals surface area contributed by atoms with E-state index < -0.39 is 17.6 Å². The Labute approximate surface area is 122 Å². The molecule has 20 heavy (non-hydrogen) atoms. The van der Waals surface area contributed by atoms with Crippen LogP contribution in [-0.2, 0) is 6.18 Å². The van der Waals surface area contributed by atoms with Crippen molar-refractivity contribution in [1.29, 1.82) is 0 Å². The summed E-state index contributed by atoms with van der Waals surface area (Å²) >= 11 is 2.84. The van der Waals surface area contributed by atoms with Gasteiger partial charge >= 0.3 is 6.18 Å². The standard InChI is InChI=1S/C13H14BrF3N2O/c14-9-5-4-7(6-8(9)13(15,16)17)12(20)19-11-3-1-2-10(11)18/h4-6,10-11H,1-3,18H2,(H,19,20). The Hall–Kier alpha value is -1.08. The van der Waals surface area contributed by atoms with Crippen molar-refractivity contribution in [3.05, 3.63) is 33.8 Å². The van der Waals surface area contributed by atoms with Crippen LogP contribution >= 0.6 is 15.9 Å². The van der Waals surface area contributed by atoms with Gasteiger partial charge in [0.05, 0.1) is 5.56 Å². The molecular formula is C13H14BrF3N2O. The summed E-state index contributed by atoms with van der Waals surface area (Å²) in [7, 11) is 0. The van der Waals surface area contributed by atoms with Gasteiger partial charge in [-0.3, -0.25) is 4.79 Å². The van der Waals surface area contributed by atoms with Gasteiger partial charge in [-0.25, -0.2) is 0 Å². The van der Waals surface area contributed by atoms with E-state index in [0.717, 1.165) is 25.3 Å². The molecule has 2 atom stereocenters. The van der Waals surface area contributed by atoms with Crippen molar-refractivity contribution in [3.63, 3.8) is 0 Å². The largest absolute Gasteiger partial charge is 0.417 e. The molecule has 1 saturated carbocycles. The maximum Gasteiger partial charge on any atom is 0.417 e. The Morgan fingerprint density at radius 1 is 1.35 bits per heavy atom. The Morgan fingerprint density at radius 2 is 2.05 bits per heavy atom. The second-order valence-electron chi connectivity index (χ2n) is 4.87. The number of halogens is 4. The van der Waals surface area contributed by atoms with Crippen molar-refractivity contribution in [2.24, 2.45) is 5.73 Å². The number of amides is 1. The van der Waals surface area contributed by atoms with Gasteiger partial charge in [-0.15, -0.1) is 0 Å². The Balaban J connectivity index is 2.18. The minimum Gasteiger partial charge on any atom is -0.348 e. The SMILES string of the molecule is NC1CCCC1NC(=O)c1ccc(Br)c(C(F)(F)F)c1. The summed E-state index contributed by atoms with van der Waals surface area (Å²) in [6, 6.07) is 3.14. The highest BCUT2D eigenvalue weighted by Crippen LogP contribution is 2.35. The van der Waals surface area contributed by atoms with Crippen LogP contribution in [-0.4, -0.2) is 18.0 Å². The molecule has 1 fully saturated rings. The number of alkyl halides is 3. The maximum absolute atomic E-state index is 12.8. The van der Waals surface area contributed by atoms with Gasteiger partial charge in [-0.1, -0.05) is 15.9 Å². The molecule has 0 spiro atoms. The van der Waals surface area contributed by atoms with Crippen molar-refractivity contribution in [2.45, 2.75) is 37.5 Å². The number of nitrogens with one attached hydrogen (secondary N) is 1. The van der Waals surface area contributed by atoms with Crippen molar-refractivity contribution in [3.8, 4) is 0 Å². The van der Waals surface area contributed by atoms with Gasteiger partial charge < -0.3 is 11.1 Å². The quantitative estimate of drug-likeness (QED) is 0.861. The lowest BCUT2D eigenvalue weighted by molar-refractivity contribution is -0.138. The number of rotatable bonds is 2. The number of carbonyl (C=O) groups excluding carboxylic acids is 1. The van der Waals surface area contributed by atoms with E-state index in [9.17, 15) is 18.0 Å². The van der Waals surface area contributed by atoms with E-state index in [1.165, 1.54) is 12.1 Å². The molecule has 2 rings (SSSR count). The molecule has 3 nitrogen and oxygen atoms in total. The monoisotopic (exact) mass is 350 g/mol. The number of nitrogens with two attached hydrogens (primary N) is 1. The highest BCUT2D eigenvalue weighted by molar-refractivity contribution is 9.10. The summed E-state index contributed by atoms with van der Waals surface area (Å²) in [6.45, 7) is 0. The fourth-order valence-electron chi connectivity index (χ4n) is 2.30. The third-order valence-electron chi connectivity index (χ3n) is 3.42. The molecule has 0 saturated heterocycles. The summed E-state index contributed by atoms with van der Waals surface area (Å²) in [4.78, 5) is 12.0. The smallest absolute Gasteiger partial charge is 0.348 e. The van der Waals surface area contributed by atoms with Crippen molar-refractivity contribution in [1.82, 2.24) is 5.32 Å². The number of hydrogen-bond acceptors (Lipinski definition) is 2. The second-order valence-corrected chi connectivity index (χ2v) is 5.72. The van der Waals surface area contributed by atoms with E-state index in [4.69, 9.17) is 5.73 Å². The molecule has 7 heteroatoms. The van der Waals surface area contributed by atoms with Gasteiger partial charge in [-0.05, 0) is 37.5 Å². The van der Waals surface area contributed by atoms with E-state index in [1.54, 1.807) is 0 Å². The third kappa shape index (κ3) is 3.32. The normalized spacial score (nSPS) is 22.9. The molecule has 2 unspecified atom stereocenters. The van der Waals surface area contributed by atoms with E-state index in [0.29, 0.717) is 0 Å². The summed E-state index contributed by atoms with van der Waals surface area (Å²) < 4.78 is 38.2. The van der Waals surface area contributed by atoms with Crippen LogP contribution in [0, 0.1) is 0 Å². The van der Waals surface area contributed by atoms with Gasteiger partial charge in [0.25, 0.3) is 5.91 Å². The molecule has 1 aliphatic rings. The first-order chi connectivity index (χ1) is 9.29. The predicted octanol–water partition coefficient (Wildman–Crippen LogP) is 3.08. The molecule has 0 aliphatic heterocycles. The number of carbonyl (C=O) groups is 1. The zero-order chi connectivity index (χ0) is 14.9. The molecule has 3 N–H and O–H groups in total. The van der Waals surface area contributed by atoms with Crippen molar-refractivity contribution in [2.75, 3.05) is 0 Å². The molecule has 0 aromatic heterocycles. The highest BCUT2D eigenvalue weighted by atomic mass is 79.9. The van der Waals surface area contributed by atoms with Crippen molar-refractivity contribution < 1.29 is 18.0 Å². The van der Waals surface area contributed by atoms with Crippen LogP contribution in [0.5, 0.6) is 0 Å². The Kier molecular flexibility index (Phi) is 4.39. The van der Waals surface area contributed by atoms with E-state index in [2.05, 4.69) is 21.2 Å². The van der Waals surface area contributed by atoms with Crippen LogP contribution in [0.15, 0.2) is 22.7 Å². The summed E-state index contributed by atoms with van der Waals surface area (Å²) in [5, 5.41) is 2.70. The van der Waals surface area contributed by atoms with Crippen LogP contribution in [0.25, 0.3) is 0 Å². The molecule has 1 aliphatic carbocycles. The van der Waals surface area contributed by atoms with Gasteiger partial charge in [0.2, 0.25) is 0 Å². The molecular weight excluding hydrogens is 337 g/mol. The first-order valence-corrected chi connectivity index (χ1v) is 7.01. The number of hydrogen-bond donors (Lipinski definition) is 2. The fraction of sp³-hybridized carbons (Fsp3) is 0.462. The zero-order valence-corrected chi connectivity index (χ0v) is 12.1. The minimum atomic E-state index is -4.50. The van der Waals surface area contributed by atoms with Gasteiger partial charge in [0, 0.05) is 22.1 Å². The van der Waals surface area contributed by atoms with Gasteiger partial charge in [0.1, 0.15) is 0 Å².